The van der Waals surface area contributed by atoms with Crippen LogP contribution in [0.25, 0.3) is 10.9 Å². The molecule has 23 heavy (non-hydrogen) atoms. The molecule has 1 heterocycles. The van der Waals surface area contributed by atoms with E-state index >= 15 is 0 Å². The van der Waals surface area contributed by atoms with E-state index < -0.39 is 5.91 Å². The van der Waals surface area contributed by atoms with Crippen LogP contribution < -0.4 is 11.5 Å². The van der Waals surface area contributed by atoms with Crippen LogP contribution in [0.4, 0.5) is 0 Å². The Morgan fingerprint density at radius 1 is 1.35 bits per heavy atom. The molecule has 1 aromatic carbocycles. The summed E-state index contributed by atoms with van der Waals surface area (Å²) >= 11 is 6.31. The van der Waals surface area contributed by atoms with E-state index in [0.717, 1.165) is 42.3 Å². The predicted octanol–water partition coefficient (Wildman–Crippen LogP) is 3.66. The van der Waals surface area contributed by atoms with Crippen LogP contribution in [-0.4, -0.2) is 10.9 Å². The first-order chi connectivity index (χ1) is 11.0. The van der Waals surface area contributed by atoms with Crippen LogP contribution >= 0.6 is 11.6 Å². The number of nitrogens with two attached hydrogens (primary N) is 2. The third kappa shape index (κ3) is 3.59. The fourth-order valence-corrected chi connectivity index (χ4v) is 3.37. The van der Waals surface area contributed by atoms with Crippen LogP contribution in [0.3, 0.4) is 0 Å². The molecular formula is C18H20ClN3O. The van der Waals surface area contributed by atoms with Crippen LogP contribution in [-0.2, 0) is 6.42 Å². The molecule has 1 aliphatic carbocycles. The summed E-state index contributed by atoms with van der Waals surface area (Å²) in [5, 5.41) is 1.54. The molecule has 1 amide bonds. The highest BCUT2D eigenvalue weighted by Gasteiger charge is 2.12. The molecule has 0 saturated heterocycles. The van der Waals surface area contributed by atoms with Gasteiger partial charge in [-0.05, 0) is 61.4 Å². The summed E-state index contributed by atoms with van der Waals surface area (Å²) in [4.78, 5) is 14.2. The Labute approximate surface area is 140 Å². The molecule has 0 spiro atoms. The van der Waals surface area contributed by atoms with Gasteiger partial charge >= 0.3 is 0 Å². The first-order valence-corrected chi connectivity index (χ1v) is 8.14. The van der Waals surface area contributed by atoms with E-state index in [-0.39, 0.29) is 0 Å². The largest absolute Gasteiger partial charge is 0.402 e. The Kier molecular flexibility index (Phi) is 4.44. The Bertz CT molecular complexity index is 804. The lowest BCUT2D eigenvalue weighted by Crippen LogP contribution is -2.10. The lowest BCUT2D eigenvalue weighted by atomic mass is 9.92. The Morgan fingerprint density at radius 2 is 2.17 bits per heavy atom. The quantitative estimate of drug-likeness (QED) is 0.782. The summed E-state index contributed by atoms with van der Waals surface area (Å²) in [7, 11) is 0. The minimum Gasteiger partial charge on any atom is -0.402 e. The smallest absolute Gasteiger partial charge is 0.265 e. The number of amides is 1. The molecule has 0 aliphatic heterocycles. The SMILES string of the molecule is NC(=O)c1cc2cc(CCCC3C=CC=C(N)C3)cc(Cl)c2[nH]1. The van der Waals surface area contributed by atoms with Crippen LogP contribution in [0.15, 0.2) is 42.1 Å². The minimum absolute atomic E-state index is 0.383. The van der Waals surface area contributed by atoms with E-state index in [1.54, 1.807) is 6.07 Å². The van der Waals surface area contributed by atoms with Crippen LogP contribution in [0.1, 0.15) is 35.3 Å². The summed E-state index contributed by atoms with van der Waals surface area (Å²) in [5.41, 5.74) is 14.4. The molecule has 2 aromatic rings. The molecule has 3 rings (SSSR count). The number of hydrogen-bond donors (Lipinski definition) is 3. The van der Waals surface area contributed by atoms with Crippen molar-refractivity contribution in [3.05, 3.63) is 58.4 Å². The van der Waals surface area contributed by atoms with Gasteiger partial charge in [0.15, 0.2) is 0 Å². The zero-order valence-corrected chi connectivity index (χ0v) is 13.6. The average molecular weight is 330 g/mol. The Hall–Kier alpha value is -2.20. The number of hydrogen-bond acceptors (Lipinski definition) is 2. The molecule has 1 aliphatic rings. The number of primary amides is 1. The van der Waals surface area contributed by atoms with Crippen LogP contribution in [0.5, 0.6) is 0 Å². The fraction of sp³-hybridized carbons (Fsp3) is 0.278. The maximum absolute atomic E-state index is 11.3. The van der Waals surface area contributed by atoms with Gasteiger partial charge in [-0.15, -0.1) is 0 Å². The topological polar surface area (TPSA) is 84.9 Å². The number of nitrogens with one attached hydrogen (secondary N) is 1. The molecule has 5 N–H and O–H groups in total. The number of rotatable bonds is 5. The first-order valence-electron chi connectivity index (χ1n) is 7.76. The van der Waals surface area contributed by atoms with Crippen molar-refractivity contribution in [2.45, 2.75) is 25.7 Å². The number of carbonyl (C=O) groups is 1. The third-order valence-electron chi connectivity index (χ3n) is 4.24. The summed E-state index contributed by atoms with van der Waals surface area (Å²) in [6.45, 7) is 0. The van der Waals surface area contributed by atoms with Crippen molar-refractivity contribution in [1.29, 1.82) is 0 Å². The van der Waals surface area contributed by atoms with Crippen molar-refractivity contribution in [2.24, 2.45) is 17.4 Å². The second-order valence-electron chi connectivity index (χ2n) is 6.07. The number of fused-ring (bicyclic) bond motifs is 1. The molecule has 1 atom stereocenters. The zero-order chi connectivity index (χ0) is 16.4. The monoisotopic (exact) mass is 329 g/mol. The predicted molar refractivity (Wildman–Crippen MR) is 94.3 cm³/mol. The van der Waals surface area contributed by atoms with Crippen molar-refractivity contribution in [3.8, 4) is 0 Å². The van der Waals surface area contributed by atoms with Gasteiger partial charge in [0.1, 0.15) is 5.69 Å². The number of allylic oxidation sites excluding steroid dienone is 4. The number of aromatic amines is 1. The van der Waals surface area contributed by atoms with Gasteiger partial charge in [0.25, 0.3) is 5.91 Å². The Balaban J connectivity index is 1.67. The molecule has 4 nitrogen and oxygen atoms in total. The molecular weight excluding hydrogens is 310 g/mol. The maximum Gasteiger partial charge on any atom is 0.265 e. The highest BCUT2D eigenvalue weighted by molar-refractivity contribution is 6.35. The van der Waals surface area contributed by atoms with E-state index in [9.17, 15) is 4.79 Å². The minimum atomic E-state index is -0.478. The molecule has 120 valence electrons. The maximum atomic E-state index is 11.3. The number of benzene rings is 1. The zero-order valence-electron chi connectivity index (χ0n) is 12.8. The summed E-state index contributed by atoms with van der Waals surface area (Å²) in [6.07, 6.45) is 10.3. The number of aromatic nitrogens is 1. The number of H-pyrrole nitrogens is 1. The number of halogens is 1. The summed E-state index contributed by atoms with van der Waals surface area (Å²) in [6, 6.07) is 5.77. The van der Waals surface area contributed by atoms with E-state index in [4.69, 9.17) is 23.1 Å². The van der Waals surface area contributed by atoms with Crippen LogP contribution in [0, 0.1) is 5.92 Å². The van der Waals surface area contributed by atoms with Gasteiger partial charge in [-0.25, -0.2) is 0 Å². The molecule has 0 bridgehead atoms. The normalized spacial score (nSPS) is 17.4. The second kappa shape index (κ2) is 6.50. The molecule has 0 radical (unpaired) electrons. The van der Waals surface area contributed by atoms with Gasteiger partial charge in [0.05, 0.1) is 10.5 Å². The number of carbonyl (C=O) groups excluding carboxylic acids is 1. The van der Waals surface area contributed by atoms with E-state index in [1.807, 2.05) is 18.2 Å². The van der Waals surface area contributed by atoms with E-state index in [1.165, 1.54) is 5.56 Å². The molecule has 1 unspecified atom stereocenters. The Morgan fingerprint density at radius 3 is 2.91 bits per heavy atom. The fourth-order valence-electron chi connectivity index (χ4n) is 3.08. The highest BCUT2D eigenvalue weighted by atomic mass is 35.5. The van der Waals surface area contributed by atoms with E-state index in [2.05, 4.69) is 17.1 Å². The van der Waals surface area contributed by atoms with Gasteiger partial charge < -0.3 is 16.5 Å². The van der Waals surface area contributed by atoms with E-state index in [0.29, 0.717) is 16.6 Å². The van der Waals surface area contributed by atoms with Crippen molar-refractivity contribution < 1.29 is 4.79 Å². The lowest BCUT2D eigenvalue weighted by molar-refractivity contribution is 0.0996. The lowest BCUT2D eigenvalue weighted by Gasteiger charge is -2.15. The van der Waals surface area contributed by atoms with Gasteiger partial charge in [-0.1, -0.05) is 23.8 Å². The standard InChI is InChI=1S/C18H20ClN3O/c19-15-9-12(5-1-3-11-4-2-6-14(20)8-11)7-13-10-16(18(21)23)22-17(13)15/h2,4,6-7,9-11,22H,1,3,5,8,20H2,(H2,21,23). The third-order valence-corrected chi connectivity index (χ3v) is 4.54. The van der Waals surface area contributed by atoms with Gasteiger partial charge in [0, 0.05) is 11.1 Å². The summed E-state index contributed by atoms with van der Waals surface area (Å²) in [5.74, 6) is 0.0430. The molecule has 0 fully saturated rings. The summed E-state index contributed by atoms with van der Waals surface area (Å²) < 4.78 is 0. The molecule has 1 aromatic heterocycles. The number of aryl methyl sites for hydroxylation is 1. The van der Waals surface area contributed by atoms with Gasteiger partial charge in [-0.3, -0.25) is 4.79 Å². The van der Waals surface area contributed by atoms with Crippen molar-refractivity contribution in [1.82, 2.24) is 4.98 Å². The second-order valence-corrected chi connectivity index (χ2v) is 6.48. The molecule has 0 saturated carbocycles. The van der Waals surface area contributed by atoms with Crippen LogP contribution in [0.2, 0.25) is 5.02 Å². The van der Waals surface area contributed by atoms with Gasteiger partial charge in [-0.2, -0.15) is 0 Å². The molecule has 5 heteroatoms. The van der Waals surface area contributed by atoms with Crippen molar-refractivity contribution in [3.63, 3.8) is 0 Å². The highest BCUT2D eigenvalue weighted by Crippen LogP contribution is 2.27. The van der Waals surface area contributed by atoms with Crippen molar-refractivity contribution >= 4 is 28.4 Å². The first kappa shape index (κ1) is 15.7. The average Bonchev–Trinajstić information content (AvgIpc) is 2.92. The van der Waals surface area contributed by atoms with Crippen molar-refractivity contribution in [2.75, 3.05) is 0 Å². The van der Waals surface area contributed by atoms with Gasteiger partial charge in [0.2, 0.25) is 0 Å².